The molecule has 9 nitrogen and oxygen atoms in total. The van der Waals surface area contributed by atoms with Gasteiger partial charge in [0.1, 0.15) is 0 Å². The molecule has 9 heteroatoms. The number of carbonyl (C=O) groups is 1. The van der Waals surface area contributed by atoms with Crippen LogP contribution in [0.3, 0.4) is 0 Å². The van der Waals surface area contributed by atoms with Gasteiger partial charge in [0.25, 0.3) is 0 Å². The van der Waals surface area contributed by atoms with Gasteiger partial charge in [-0.1, -0.05) is 55.5 Å². The van der Waals surface area contributed by atoms with Gasteiger partial charge in [0.05, 0.1) is 32.0 Å². The fourth-order valence-electron chi connectivity index (χ4n) is 5.64. The Morgan fingerprint density at radius 2 is 1.59 bits per heavy atom. The molecule has 0 aliphatic carbocycles. The molecule has 2 amide bonds. The minimum Gasteiger partial charge on any atom is -0.392 e. The van der Waals surface area contributed by atoms with Gasteiger partial charge >= 0.3 is 6.03 Å². The molecule has 3 aliphatic heterocycles. The summed E-state index contributed by atoms with van der Waals surface area (Å²) in [5.41, 5.74) is 3.89. The van der Waals surface area contributed by atoms with Crippen molar-refractivity contribution in [2.45, 2.75) is 64.1 Å². The van der Waals surface area contributed by atoms with Crippen LogP contribution in [0.5, 0.6) is 0 Å². The number of rotatable bonds is 8. The first-order valence-electron chi connectivity index (χ1n) is 14.1. The number of aliphatic hydroxyl groups is 1. The van der Waals surface area contributed by atoms with Crippen LogP contribution in [0, 0.1) is 5.92 Å². The van der Waals surface area contributed by atoms with E-state index in [-0.39, 0.29) is 30.8 Å². The molecule has 3 fully saturated rings. The number of hydrogen-bond acceptors (Lipinski definition) is 7. The van der Waals surface area contributed by atoms with E-state index in [1.165, 1.54) is 0 Å². The van der Waals surface area contributed by atoms with Crippen molar-refractivity contribution in [1.82, 2.24) is 15.5 Å². The summed E-state index contributed by atoms with van der Waals surface area (Å²) in [6.07, 6.45) is 1.03. The number of nitrogens with one attached hydrogen (secondary N) is 2. The number of aliphatic hydroxyl groups excluding tert-OH is 1. The van der Waals surface area contributed by atoms with E-state index in [2.05, 4.69) is 22.5 Å². The zero-order chi connectivity index (χ0) is 27.2. The minimum absolute atomic E-state index is 0.0148. The third-order valence-corrected chi connectivity index (χ3v) is 8.04. The monoisotopic (exact) mass is 539 g/mol. The summed E-state index contributed by atoms with van der Waals surface area (Å²) < 4.78 is 25.0. The van der Waals surface area contributed by atoms with Crippen molar-refractivity contribution < 1.29 is 28.8 Å². The first-order chi connectivity index (χ1) is 19.0. The molecule has 2 aromatic rings. The molecule has 4 atom stereocenters. The topological polar surface area (TPSA) is 102 Å². The Morgan fingerprint density at radius 3 is 2.23 bits per heavy atom. The van der Waals surface area contributed by atoms with E-state index in [1.54, 1.807) is 0 Å². The zero-order valence-electron chi connectivity index (χ0n) is 22.9. The maximum Gasteiger partial charge on any atom is 0.315 e. The third kappa shape index (κ3) is 6.80. The molecule has 3 aliphatic rings. The van der Waals surface area contributed by atoms with Crippen LogP contribution in [0.4, 0.5) is 4.79 Å². The largest absolute Gasteiger partial charge is 0.392 e. The van der Waals surface area contributed by atoms with Crippen molar-refractivity contribution in [2.75, 3.05) is 39.4 Å². The zero-order valence-corrected chi connectivity index (χ0v) is 22.9. The number of hydrogen-bond donors (Lipinski definition) is 3. The molecule has 3 heterocycles. The number of nitrogens with zero attached hydrogens (tertiary/aromatic N) is 1. The molecule has 39 heavy (non-hydrogen) atoms. The second kappa shape index (κ2) is 12.8. The van der Waals surface area contributed by atoms with Crippen molar-refractivity contribution in [2.24, 2.45) is 5.92 Å². The third-order valence-electron chi connectivity index (χ3n) is 8.04. The van der Waals surface area contributed by atoms with E-state index in [4.69, 9.17) is 18.9 Å². The summed E-state index contributed by atoms with van der Waals surface area (Å²) in [4.78, 5) is 14.2. The first-order valence-corrected chi connectivity index (χ1v) is 14.1. The van der Waals surface area contributed by atoms with Crippen molar-refractivity contribution in [3.63, 3.8) is 0 Å². The van der Waals surface area contributed by atoms with E-state index < -0.39 is 12.1 Å². The van der Waals surface area contributed by atoms with Crippen LogP contribution in [-0.4, -0.2) is 67.3 Å². The van der Waals surface area contributed by atoms with E-state index in [0.29, 0.717) is 26.3 Å². The van der Waals surface area contributed by atoms with Crippen LogP contribution >= 0.6 is 0 Å². The normalized spacial score (nSPS) is 26.9. The quantitative estimate of drug-likeness (QED) is 0.471. The van der Waals surface area contributed by atoms with E-state index in [0.717, 1.165) is 54.7 Å². The number of urea groups is 1. The molecule has 212 valence electrons. The van der Waals surface area contributed by atoms with Crippen molar-refractivity contribution >= 4 is 6.03 Å². The van der Waals surface area contributed by atoms with Gasteiger partial charge in [0, 0.05) is 57.0 Å². The highest BCUT2D eigenvalue weighted by atomic mass is 16.7. The average molecular weight is 540 g/mol. The van der Waals surface area contributed by atoms with E-state index in [9.17, 15) is 9.90 Å². The maximum atomic E-state index is 11.8. The van der Waals surface area contributed by atoms with E-state index >= 15 is 0 Å². The number of ether oxygens (including phenoxy) is 4. The Bertz CT molecular complexity index is 1060. The minimum atomic E-state index is -0.517. The first kappa shape index (κ1) is 28.0. The molecule has 0 bridgehead atoms. The van der Waals surface area contributed by atoms with Crippen LogP contribution in [0.1, 0.15) is 61.3 Å². The van der Waals surface area contributed by atoms with Crippen LogP contribution in [0.15, 0.2) is 48.5 Å². The van der Waals surface area contributed by atoms with Gasteiger partial charge in [0.2, 0.25) is 0 Å². The Hall–Kier alpha value is -2.53. The highest BCUT2D eigenvalue weighted by Crippen LogP contribution is 2.42. The highest BCUT2D eigenvalue weighted by molar-refractivity contribution is 5.73. The summed E-state index contributed by atoms with van der Waals surface area (Å²) in [5.74, 6) is -0.275. The molecule has 3 saturated heterocycles. The summed E-state index contributed by atoms with van der Waals surface area (Å²) in [6, 6.07) is 15.8. The van der Waals surface area contributed by atoms with Gasteiger partial charge < -0.3 is 39.6 Å². The molecule has 0 saturated carbocycles. The number of likely N-dealkylation sites (tertiary alicyclic amines) is 1. The Morgan fingerprint density at radius 1 is 0.949 bits per heavy atom. The molecular weight excluding hydrogens is 498 g/mol. The molecule has 5 rings (SSSR count). The van der Waals surface area contributed by atoms with Crippen LogP contribution < -0.4 is 10.6 Å². The molecule has 0 unspecified atom stereocenters. The Labute approximate surface area is 230 Å². The van der Waals surface area contributed by atoms with Gasteiger partial charge in [-0.3, -0.25) is 0 Å². The van der Waals surface area contributed by atoms with Crippen molar-refractivity contribution in [3.8, 4) is 0 Å². The molecule has 2 aromatic carbocycles. The average Bonchev–Trinajstić information content (AvgIpc) is 3.43. The predicted octanol–water partition coefficient (Wildman–Crippen LogP) is 3.63. The molecular formula is C30H41N3O6. The molecule has 0 radical (unpaired) electrons. The van der Waals surface area contributed by atoms with Gasteiger partial charge in [-0.25, -0.2) is 4.79 Å². The molecule has 1 spiro atoms. The highest BCUT2D eigenvalue weighted by Gasteiger charge is 2.43. The lowest BCUT2D eigenvalue weighted by atomic mass is 9.89. The number of piperidine rings is 1. The summed E-state index contributed by atoms with van der Waals surface area (Å²) in [5, 5.41) is 15.1. The standard InChI is InChI=1S/C30H41N3O6/c1-3-31-29(35)32-18-22-4-10-25(11-5-22)28-38-26(19-33-14-12-30(13-15-33)36-16-17-37-30)21(2)27(39-28)24-8-6-23(20-34)7-9-24/h4-11,21,26-28,34H,3,12-20H2,1-2H3,(H2,31,32,35)/t21-,26+,27+,28+/m1/s1. The Balaban J connectivity index is 1.29. The summed E-state index contributed by atoms with van der Waals surface area (Å²) in [7, 11) is 0. The van der Waals surface area contributed by atoms with Gasteiger partial charge in [0.15, 0.2) is 12.1 Å². The number of amides is 2. The summed E-state index contributed by atoms with van der Waals surface area (Å²) >= 11 is 0. The second-order valence-corrected chi connectivity index (χ2v) is 10.7. The van der Waals surface area contributed by atoms with Crippen LogP contribution in [0.25, 0.3) is 0 Å². The lowest BCUT2D eigenvalue weighted by molar-refractivity contribution is -0.278. The fourth-order valence-corrected chi connectivity index (χ4v) is 5.64. The summed E-state index contributed by atoms with van der Waals surface area (Å²) in [6.45, 7) is 9.10. The van der Waals surface area contributed by atoms with Crippen molar-refractivity contribution in [3.05, 3.63) is 70.8 Å². The van der Waals surface area contributed by atoms with Gasteiger partial charge in [-0.05, 0) is 23.6 Å². The second-order valence-electron chi connectivity index (χ2n) is 10.7. The fraction of sp³-hybridized carbons (Fsp3) is 0.567. The van der Waals surface area contributed by atoms with Gasteiger partial charge in [-0.2, -0.15) is 0 Å². The Kier molecular flexibility index (Phi) is 9.17. The van der Waals surface area contributed by atoms with Crippen LogP contribution in [-0.2, 0) is 32.1 Å². The van der Waals surface area contributed by atoms with Crippen molar-refractivity contribution in [1.29, 1.82) is 0 Å². The molecule has 0 aromatic heterocycles. The number of carbonyl (C=O) groups excluding carboxylic acids is 1. The number of benzene rings is 2. The molecule has 3 N–H and O–H groups in total. The van der Waals surface area contributed by atoms with Crippen LogP contribution in [0.2, 0.25) is 0 Å². The lowest BCUT2D eigenvalue weighted by Gasteiger charge is -2.44. The SMILES string of the molecule is CCNC(=O)NCc1ccc([C@H]2O[C@@H](CN3CCC4(CC3)OCCO4)[C@@H](C)[C@@H](c3ccc(CO)cc3)O2)cc1. The maximum absolute atomic E-state index is 11.8. The lowest BCUT2D eigenvalue weighted by Crippen LogP contribution is -2.50. The van der Waals surface area contributed by atoms with E-state index in [1.807, 2.05) is 55.5 Å². The van der Waals surface area contributed by atoms with Gasteiger partial charge in [-0.15, -0.1) is 0 Å². The predicted molar refractivity (Wildman–Crippen MR) is 146 cm³/mol. The smallest absolute Gasteiger partial charge is 0.315 e.